The SMILES string of the molecule is O/C=C1\C=CSC1Cl. The first-order valence-electron chi connectivity index (χ1n) is 2.15. The van der Waals surface area contributed by atoms with E-state index in [0.717, 1.165) is 11.8 Å². The van der Waals surface area contributed by atoms with Gasteiger partial charge in [0, 0.05) is 5.57 Å². The number of hydrogen-bond donors (Lipinski definition) is 1. The number of alkyl halides is 1. The van der Waals surface area contributed by atoms with E-state index in [1.165, 1.54) is 11.8 Å². The van der Waals surface area contributed by atoms with Crippen LogP contribution < -0.4 is 0 Å². The fourth-order valence-corrected chi connectivity index (χ4v) is 1.42. The van der Waals surface area contributed by atoms with Crippen LogP contribution >= 0.6 is 23.4 Å². The lowest BCUT2D eigenvalue weighted by molar-refractivity contribution is 0.469. The normalized spacial score (nSPS) is 32.1. The molecule has 3 heteroatoms. The number of halogens is 1. The predicted octanol–water partition coefficient (Wildman–Crippen LogP) is 2.25. The number of hydrogen-bond acceptors (Lipinski definition) is 2. The summed E-state index contributed by atoms with van der Waals surface area (Å²) in [6.45, 7) is 0. The minimum absolute atomic E-state index is 0.0833. The number of aliphatic hydroxyl groups excluding tert-OH is 1. The molecule has 1 N–H and O–H groups in total. The molecule has 1 atom stereocenters. The number of allylic oxidation sites excluding steroid dienone is 1. The molecule has 0 aromatic heterocycles. The summed E-state index contributed by atoms with van der Waals surface area (Å²) in [5.41, 5.74) is 0.775. The van der Waals surface area contributed by atoms with E-state index < -0.39 is 0 Å². The summed E-state index contributed by atoms with van der Waals surface area (Å²) in [5, 5.41) is 10.3. The standard InChI is InChI=1S/C5H5ClOS/c6-5-4(3-7)1-2-8-5/h1-3,5,7H/b4-3+. The number of thioether (sulfide) groups is 1. The third-order valence-electron chi connectivity index (χ3n) is 0.870. The summed E-state index contributed by atoms with van der Waals surface area (Å²) in [4.78, 5) is 0. The molecule has 0 aromatic rings. The molecule has 0 aliphatic carbocycles. The van der Waals surface area contributed by atoms with Crippen LogP contribution in [0.4, 0.5) is 0 Å². The van der Waals surface area contributed by atoms with Crippen molar-refractivity contribution in [2.45, 2.75) is 4.71 Å². The van der Waals surface area contributed by atoms with Gasteiger partial charge in [0.1, 0.15) is 4.71 Å². The van der Waals surface area contributed by atoms with Crippen LogP contribution in [0, 0.1) is 0 Å². The van der Waals surface area contributed by atoms with Crippen LogP contribution in [0.5, 0.6) is 0 Å². The first kappa shape index (κ1) is 6.05. The molecule has 0 radical (unpaired) electrons. The smallest absolute Gasteiger partial charge is 0.111 e. The lowest BCUT2D eigenvalue weighted by atomic mass is 10.3. The van der Waals surface area contributed by atoms with Gasteiger partial charge in [0.25, 0.3) is 0 Å². The Hall–Kier alpha value is -0.0800. The summed E-state index contributed by atoms with van der Waals surface area (Å²) >= 11 is 7.14. The van der Waals surface area contributed by atoms with E-state index in [1.807, 2.05) is 5.41 Å². The van der Waals surface area contributed by atoms with Crippen molar-refractivity contribution in [3.8, 4) is 0 Å². The molecule has 0 saturated carbocycles. The van der Waals surface area contributed by atoms with Crippen LogP contribution in [0.15, 0.2) is 23.3 Å². The van der Waals surface area contributed by atoms with Gasteiger partial charge in [-0.25, -0.2) is 0 Å². The van der Waals surface area contributed by atoms with E-state index in [-0.39, 0.29) is 4.71 Å². The summed E-state index contributed by atoms with van der Waals surface area (Å²) in [5.74, 6) is 0. The van der Waals surface area contributed by atoms with Crippen molar-refractivity contribution in [2.24, 2.45) is 0 Å². The van der Waals surface area contributed by atoms with Crippen molar-refractivity contribution < 1.29 is 5.11 Å². The lowest BCUT2D eigenvalue weighted by Gasteiger charge is -1.95. The Bertz CT molecular complexity index is 141. The molecule has 0 bridgehead atoms. The second kappa shape index (κ2) is 2.46. The average molecular weight is 149 g/mol. The third kappa shape index (κ3) is 1.01. The molecule has 1 aliphatic heterocycles. The van der Waals surface area contributed by atoms with Gasteiger partial charge in [0.05, 0.1) is 6.26 Å². The van der Waals surface area contributed by atoms with E-state index in [9.17, 15) is 0 Å². The summed E-state index contributed by atoms with van der Waals surface area (Å²) in [7, 11) is 0. The Morgan fingerprint density at radius 2 is 2.62 bits per heavy atom. The van der Waals surface area contributed by atoms with Crippen LogP contribution in [0.1, 0.15) is 0 Å². The van der Waals surface area contributed by atoms with Crippen LogP contribution in [0.2, 0.25) is 0 Å². The first-order valence-corrected chi connectivity index (χ1v) is 3.53. The Balaban J connectivity index is 2.67. The topological polar surface area (TPSA) is 20.2 Å². The molecule has 1 aliphatic rings. The van der Waals surface area contributed by atoms with Crippen molar-refractivity contribution in [1.29, 1.82) is 0 Å². The van der Waals surface area contributed by atoms with Crippen molar-refractivity contribution in [3.63, 3.8) is 0 Å². The van der Waals surface area contributed by atoms with Gasteiger partial charge in [0.2, 0.25) is 0 Å². The molecule has 0 fully saturated rings. The quantitative estimate of drug-likeness (QED) is 0.420. The van der Waals surface area contributed by atoms with Gasteiger partial charge < -0.3 is 5.11 Å². The minimum atomic E-state index is -0.0833. The highest BCUT2D eigenvalue weighted by atomic mass is 35.5. The number of aliphatic hydroxyl groups is 1. The zero-order chi connectivity index (χ0) is 5.98. The van der Waals surface area contributed by atoms with Gasteiger partial charge in [0.15, 0.2) is 0 Å². The van der Waals surface area contributed by atoms with E-state index >= 15 is 0 Å². The monoisotopic (exact) mass is 148 g/mol. The molecule has 44 valence electrons. The maximum Gasteiger partial charge on any atom is 0.111 e. The Morgan fingerprint density at radius 1 is 1.88 bits per heavy atom. The maximum atomic E-state index is 8.43. The highest BCUT2D eigenvalue weighted by molar-refractivity contribution is 8.04. The predicted molar refractivity (Wildman–Crippen MR) is 37.1 cm³/mol. The van der Waals surface area contributed by atoms with E-state index in [0.29, 0.717) is 0 Å². The zero-order valence-corrected chi connectivity index (χ0v) is 5.62. The third-order valence-corrected chi connectivity index (χ3v) is 2.23. The van der Waals surface area contributed by atoms with E-state index in [2.05, 4.69) is 0 Å². The Labute approximate surface area is 57.0 Å². The zero-order valence-electron chi connectivity index (χ0n) is 4.04. The van der Waals surface area contributed by atoms with Crippen LogP contribution in [0.25, 0.3) is 0 Å². The summed E-state index contributed by atoms with van der Waals surface area (Å²) in [6.07, 6.45) is 2.83. The largest absolute Gasteiger partial charge is 0.515 e. The Morgan fingerprint density at radius 3 is 2.88 bits per heavy atom. The number of rotatable bonds is 0. The molecule has 1 heterocycles. The molecule has 0 aromatic carbocycles. The second-order valence-electron chi connectivity index (χ2n) is 1.38. The van der Waals surface area contributed by atoms with Crippen LogP contribution in [-0.2, 0) is 0 Å². The van der Waals surface area contributed by atoms with Crippen molar-refractivity contribution in [1.82, 2.24) is 0 Å². The van der Waals surface area contributed by atoms with Crippen molar-refractivity contribution in [2.75, 3.05) is 0 Å². The van der Waals surface area contributed by atoms with Gasteiger partial charge in [-0.2, -0.15) is 0 Å². The van der Waals surface area contributed by atoms with Crippen molar-refractivity contribution in [3.05, 3.63) is 23.3 Å². The van der Waals surface area contributed by atoms with E-state index in [1.54, 1.807) is 6.08 Å². The van der Waals surface area contributed by atoms with Crippen LogP contribution in [-0.4, -0.2) is 9.82 Å². The minimum Gasteiger partial charge on any atom is -0.515 e. The molecular weight excluding hydrogens is 144 g/mol. The molecule has 1 unspecified atom stereocenters. The Kier molecular flexibility index (Phi) is 1.86. The second-order valence-corrected chi connectivity index (χ2v) is 3.09. The molecule has 8 heavy (non-hydrogen) atoms. The molecule has 0 spiro atoms. The summed E-state index contributed by atoms with van der Waals surface area (Å²) in [6, 6.07) is 0. The van der Waals surface area contributed by atoms with Gasteiger partial charge in [-0.3, -0.25) is 0 Å². The van der Waals surface area contributed by atoms with Gasteiger partial charge in [-0.15, -0.1) is 23.4 Å². The fraction of sp³-hybridized carbons (Fsp3) is 0.200. The van der Waals surface area contributed by atoms with Crippen molar-refractivity contribution >= 4 is 23.4 Å². The van der Waals surface area contributed by atoms with Crippen LogP contribution in [0.3, 0.4) is 0 Å². The fourth-order valence-electron chi connectivity index (χ4n) is 0.443. The average Bonchev–Trinajstić information content (AvgIpc) is 2.14. The van der Waals surface area contributed by atoms with Gasteiger partial charge in [-0.1, -0.05) is 0 Å². The molecule has 1 nitrogen and oxygen atoms in total. The molecule has 1 rings (SSSR count). The molecule has 0 saturated heterocycles. The van der Waals surface area contributed by atoms with Gasteiger partial charge >= 0.3 is 0 Å². The first-order chi connectivity index (χ1) is 3.84. The van der Waals surface area contributed by atoms with E-state index in [4.69, 9.17) is 16.7 Å². The highest BCUT2D eigenvalue weighted by Crippen LogP contribution is 2.31. The molecular formula is C5H5ClOS. The highest BCUT2D eigenvalue weighted by Gasteiger charge is 2.12. The maximum absolute atomic E-state index is 8.43. The van der Waals surface area contributed by atoms with Gasteiger partial charge in [-0.05, 0) is 11.5 Å². The molecule has 0 amide bonds. The summed E-state index contributed by atoms with van der Waals surface area (Å²) < 4.78 is -0.0833. The lowest BCUT2D eigenvalue weighted by Crippen LogP contribution is -1.86.